The van der Waals surface area contributed by atoms with Crippen LogP contribution in [-0.4, -0.2) is 22.2 Å². The molecule has 2 aromatic rings. The summed E-state index contributed by atoms with van der Waals surface area (Å²) in [7, 11) is -1.83. The van der Waals surface area contributed by atoms with E-state index >= 15 is 0 Å². The van der Waals surface area contributed by atoms with Gasteiger partial charge >= 0.3 is 7.12 Å². The van der Waals surface area contributed by atoms with Crippen molar-refractivity contribution in [3.8, 4) is 11.5 Å². The topological polar surface area (TPSA) is 62.6 Å². The quantitative estimate of drug-likeness (QED) is 0.794. The third-order valence-corrected chi connectivity index (χ3v) is 2.35. The molecule has 92 valence electrons. The van der Waals surface area contributed by atoms with Crippen molar-refractivity contribution in [3.05, 3.63) is 48.0 Å². The minimum Gasteiger partial charge on any atom is -0.457 e. The highest BCUT2D eigenvalue weighted by Gasteiger charge is 2.16. The van der Waals surface area contributed by atoms with E-state index in [1.54, 1.807) is 18.3 Å². The number of hydrogen-bond donors (Lipinski definition) is 2. The Hall–Kier alpha value is -1.92. The Labute approximate surface area is 104 Å². The van der Waals surface area contributed by atoms with E-state index in [1.165, 1.54) is 12.1 Å². The zero-order chi connectivity index (χ0) is 13.1. The molecule has 2 rings (SSSR count). The summed E-state index contributed by atoms with van der Waals surface area (Å²) in [6, 6.07) is 7.20. The van der Waals surface area contributed by atoms with Crippen LogP contribution in [0.2, 0.25) is 0 Å². The predicted molar refractivity (Wildman–Crippen MR) is 65.3 cm³/mol. The number of rotatable bonds is 3. The number of nitrogens with zero attached hydrogens (tertiary/aromatic N) is 1. The van der Waals surface area contributed by atoms with Crippen LogP contribution in [0.3, 0.4) is 0 Å². The minimum absolute atomic E-state index is 0.187. The molecule has 0 radical (unpaired) electrons. The van der Waals surface area contributed by atoms with E-state index in [9.17, 15) is 4.39 Å². The van der Waals surface area contributed by atoms with Crippen LogP contribution >= 0.6 is 0 Å². The molecule has 0 fully saturated rings. The fraction of sp³-hybridized carbons (Fsp3) is 0.0833. The standard InChI is InChI=1S/C12H11BFNO3/c1-8-6-10(4-5-15-8)18-9-2-3-11(13(16)17)12(14)7-9/h2-7,16-17H,1H3. The molecule has 2 N–H and O–H groups in total. The van der Waals surface area contributed by atoms with Crippen LogP contribution in [0.15, 0.2) is 36.5 Å². The van der Waals surface area contributed by atoms with Crippen LogP contribution in [0, 0.1) is 12.7 Å². The Balaban J connectivity index is 2.23. The van der Waals surface area contributed by atoms with Crippen molar-refractivity contribution in [1.29, 1.82) is 0 Å². The van der Waals surface area contributed by atoms with Crippen LogP contribution in [0.25, 0.3) is 0 Å². The third kappa shape index (κ3) is 2.85. The monoisotopic (exact) mass is 247 g/mol. The summed E-state index contributed by atoms with van der Waals surface area (Å²) in [5.41, 5.74) is 0.601. The first-order valence-electron chi connectivity index (χ1n) is 5.32. The maximum absolute atomic E-state index is 13.5. The summed E-state index contributed by atoms with van der Waals surface area (Å²) >= 11 is 0. The number of aromatic nitrogens is 1. The van der Waals surface area contributed by atoms with Gasteiger partial charge in [-0.05, 0) is 19.1 Å². The van der Waals surface area contributed by atoms with Gasteiger partial charge in [-0.3, -0.25) is 4.98 Å². The average Bonchev–Trinajstić information content (AvgIpc) is 2.28. The van der Waals surface area contributed by atoms with Crippen molar-refractivity contribution >= 4 is 12.6 Å². The van der Waals surface area contributed by atoms with Gasteiger partial charge in [0.05, 0.1) is 0 Å². The van der Waals surface area contributed by atoms with E-state index in [-0.39, 0.29) is 11.2 Å². The minimum atomic E-state index is -1.83. The first-order valence-corrected chi connectivity index (χ1v) is 5.32. The van der Waals surface area contributed by atoms with Crippen molar-refractivity contribution < 1.29 is 19.2 Å². The van der Waals surface area contributed by atoms with Gasteiger partial charge < -0.3 is 14.8 Å². The highest BCUT2D eigenvalue weighted by Crippen LogP contribution is 2.21. The van der Waals surface area contributed by atoms with Crippen LogP contribution < -0.4 is 10.2 Å². The van der Waals surface area contributed by atoms with Crippen LogP contribution in [0.4, 0.5) is 4.39 Å². The number of pyridine rings is 1. The number of ether oxygens (including phenoxy) is 1. The Morgan fingerprint density at radius 3 is 2.50 bits per heavy atom. The Bertz CT molecular complexity index is 563. The third-order valence-electron chi connectivity index (χ3n) is 2.35. The molecule has 0 spiro atoms. The van der Waals surface area contributed by atoms with Gasteiger partial charge in [0.2, 0.25) is 0 Å². The van der Waals surface area contributed by atoms with Crippen LogP contribution in [-0.2, 0) is 0 Å². The molecule has 0 saturated heterocycles. The first kappa shape index (κ1) is 12.5. The van der Waals surface area contributed by atoms with E-state index in [4.69, 9.17) is 14.8 Å². The molecular formula is C12H11BFNO3. The maximum Gasteiger partial charge on any atom is 0.491 e. The van der Waals surface area contributed by atoms with E-state index in [0.29, 0.717) is 5.75 Å². The summed E-state index contributed by atoms with van der Waals surface area (Å²) in [6.45, 7) is 1.82. The smallest absolute Gasteiger partial charge is 0.457 e. The average molecular weight is 247 g/mol. The summed E-state index contributed by atoms with van der Waals surface area (Å²) in [5.74, 6) is 0.0926. The van der Waals surface area contributed by atoms with Gasteiger partial charge in [0, 0.05) is 29.5 Å². The molecule has 0 aliphatic rings. The summed E-state index contributed by atoms with van der Waals surface area (Å²) in [6.07, 6.45) is 1.59. The Kier molecular flexibility index (Phi) is 3.59. The molecule has 0 unspecified atom stereocenters. The molecule has 0 amide bonds. The second kappa shape index (κ2) is 5.16. The molecule has 4 nitrogen and oxygen atoms in total. The molecule has 1 aromatic carbocycles. The van der Waals surface area contributed by atoms with Crippen molar-refractivity contribution in [2.45, 2.75) is 6.92 Å². The molecule has 6 heteroatoms. The van der Waals surface area contributed by atoms with Crippen molar-refractivity contribution in [3.63, 3.8) is 0 Å². The van der Waals surface area contributed by atoms with Gasteiger partial charge in [0.1, 0.15) is 17.3 Å². The molecule has 0 saturated carbocycles. The highest BCUT2D eigenvalue weighted by molar-refractivity contribution is 6.58. The maximum atomic E-state index is 13.5. The van der Waals surface area contributed by atoms with Gasteiger partial charge in [0.25, 0.3) is 0 Å². The van der Waals surface area contributed by atoms with E-state index in [1.807, 2.05) is 6.92 Å². The number of halogens is 1. The summed E-state index contributed by atoms with van der Waals surface area (Å²) in [4.78, 5) is 4.02. The highest BCUT2D eigenvalue weighted by atomic mass is 19.1. The summed E-state index contributed by atoms with van der Waals surface area (Å²) in [5, 5.41) is 17.8. The first-order chi connectivity index (χ1) is 8.56. The molecule has 1 heterocycles. The normalized spacial score (nSPS) is 10.2. The second-order valence-electron chi connectivity index (χ2n) is 3.79. The van der Waals surface area contributed by atoms with Gasteiger partial charge in [-0.25, -0.2) is 4.39 Å². The second-order valence-corrected chi connectivity index (χ2v) is 3.79. The number of benzene rings is 1. The number of hydrogen-bond acceptors (Lipinski definition) is 4. The predicted octanol–water partition coefficient (Wildman–Crippen LogP) is 1.00. The van der Waals surface area contributed by atoms with Gasteiger partial charge in [-0.1, -0.05) is 6.07 Å². The molecular weight excluding hydrogens is 236 g/mol. The molecule has 18 heavy (non-hydrogen) atoms. The van der Waals surface area contributed by atoms with Crippen molar-refractivity contribution in [2.75, 3.05) is 0 Å². The molecule has 0 bridgehead atoms. The summed E-state index contributed by atoms with van der Waals surface area (Å²) < 4.78 is 18.9. The lowest BCUT2D eigenvalue weighted by atomic mass is 9.80. The fourth-order valence-electron chi connectivity index (χ4n) is 1.50. The molecule has 0 aliphatic carbocycles. The van der Waals surface area contributed by atoms with E-state index < -0.39 is 12.9 Å². The van der Waals surface area contributed by atoms with Gasteiger partial charge in [-0.15, -0.1) is 0 Å². The van der Waals surface area contributed by atoms with Crippen molar-refractivity contribution in [1.82, 2.24) is 4.98 Å². The van der Waals surface area contributed by atoms with E-state index in [0.717, 1.165) is 11.8 Å². The van der Waals surface area contributed by atoms with Crippen molar-refractivity contribution in [2.24, 2.45) is 0 Å². The lowest BCUT2D eigenvalue weighted by Gasteiger charge is -2.08. The van der Waals surface area contributed by atoms with Crippen LogP contribution in [0.1, 0.15) is 5.69 Å². The molecule has 1 aromatic heterocycles. The molecule has 0 atom stereocenters. The Morgan fingerprint density at radius 2 is 1.89 bits per heavy atom. The van der Waals surface area contributed by atoms with Gasteiger partial charge in [0.15, 0.2) is 0 Å². The van der Waals surface area contributed by atoms with E-state index in [2.05, 4.69) is 4.98 Å². The zero-order valence-electron chi connectivity index (χ0n) is 9.67. The fourth-order valence-corrected chi connectivity index (χ4v) is 1.50. The largest absolute Gasteiger partial charge is 0.491 e. The SMILES string of the molecule is Cc1cc(Oc2ccc(B(O)O)c(F)c2)ccn1. The Morgan fingerprint density at radius 1 is 1.17 bits per heavy atom. The number of aryl methyl sites for hydroxylation is 1. The van der Waals surface area contributed by atoms with Gasteiger partial charge in [-0.2, -0.15) is 0 Å². The lowest BCUT2D eigenvalue weighted by Crippen LogP contribution is -2.32. The molecule has 0 aliphatic heterocycles. The van der Waals surface area contributed by atoms with Crippen LogP contribution in [0.5, 0.6) is 11.5 Å². The zero-order valence-corrected chi connectivity index (χ0v) is 9.67. The lowest BCUT2D eigenvalue weighted by molar-refractivity contribution is 0.422.